The van der Waals surface area contributed by atoms with Gasteiger partial charge in [0.2, 0.25) is 0 Å². The van der Waals surface area contributed by atoms with Gasteiger partial charge in [0, 0.05) is 18.8 Å². The lowest BCUT2D eigenvalue weighted by molar-refractivity contribution is 0.150. The highest BCUT2D eigenvalue weighted by atomic mass is 16.5. The van der Waals surface area contributed by atoms with Crippen molar-refractivity contribution in [2.45, 2.75) is 31.5 Å². The van der Waals surface area contributed by atoms with E-state index in [0.29, 0.717) is 0 Å². The van der Waals surface area contributed by atoms with Crippen molar-refractivity contribution in [1.29, 1.82) is 0 Å². The topological polar surface area (TPSA) is 42.4 Å². The maximum absolute atomic E-state index is 9.48. The SMILES string of the molecule is OC1CCC(Oc2ccc(-c3cccnc3)cc2)C1. The van der Waals surface area contributed by atoms with E-state index in [1.807, 2.05) is 42.6 Å². The molecule has 1 aliphatic carbocycles. The fourth-order valence-corrected chi connectivity index (χ4v) is 2.48. The molecule has 1 fully saturated rings. The van der Waals surface area contributed by atoms with Gasteiger partial charge in [-0.15, -0.1) is 0 Å². The van der Waals surface area contributed by atoms with Crippen LogP contribution in [-0.2, 0) is 0 Å². The number of nitrogens with zero attached hydrogens (tertiary/aromatic N) is 1. The fourth-order valence-electron chi connectivity index (χ4n) is 2.48. The number of aliphatic hydroxyl groups is 1. The number of aliphatic hydroxyl groups excluding tert-OH is 1. The largest absolute Gasteiger partial charge is 0.490 e. The summed E-state index contributed by atoms with van der Waals surface area (Å²) in [6.45, 7) is 0. The van der Waals surface area contributed by atoms with E-state index in [1.54, 1.807) is 6.20 Å². The molecule has 3 heteroatoms. The van der Waals surface area contributed by atoms with Crippen LogP contribution in [0.4, 0.5) is 0 Å². The Morgan fingerprint density at radius 2 is 1.89 bits per heavy atom. The predicted molar refractivity (Wildman–Crippen MR) is 73.9 cm³/mol. The number of ether oxygens (including phenoxy) is 1. The van der Waals surface area contributed by atoms with Crippen molar-refractivity contribution in [2.75, 3.05) is 0 Å². The Morgan fingerprint density at radius 1 is 1.05 bits per heavy atom. The van der Waals surface area contributed by atoms with Crippen LogP contribution in [0.25, 0.3) is 11.1 Å². The van der Waals surface area contributed by atoms with Crippen molar-refractivity contribution in [3.63, 3.8) is 0 Å². The van der Waals surface area contributed by atoms with Crippen LogP contribution < -0.4 is 4.74 Å². The van der Waals surface area contributed by atoms with Crippen molar-refractivity contribution >= 4 is 0 Å². The van der Waals surface area contributed by atoms with Crippen molar-refractivity contribution < 1.29 is 9.84 Å². The summed E-state index contributed by atoms with van der Waals surface area (Å²) in [5, 5.41) is 9.48. The van der Waals surface area contributed by atoms with Gasteiger partial charge >= 0.3 is 0 Å². The quantitative estimate of drug-likeness (QED) is 0.916. The number of hydrogen-bond acceptors (Lipinski definition) is 3. The molecule has 0 aliphatic heterocycles. The molecule has 1 aliphatic rings. The Balaban J connectivity index is 1.69. The zero-order valence-electron chi connectivity index (χ0n) is 10.7. The third-order valence-corrected chi connectivity index (χ3v) is 3.51. The van der Waals surface area contributed by atoms with E-state index in [1.165, 1.54) is 0 Å². The average Bonchev–Trinajstić information content (AvgIpc) is 2.86. The summed E-state index contributed by atoms with van der Waals surface area (Å²) in [7, 11) is 0. The standard InChI is InChI=1S/C16H17NO2/c18-14-5-8-16(10-14)19-15-6-3-12(4-7-15)13-2-1-9-17-11-13/h1-4,6-7,9,11,14,16,18H,5,8,10H2. The smallest absolute Gasteiger partial charge is 0.119 e. The summed E-state index contributed by atoms with van der Waals surface area (Å²) in [5.41, 5.74) is 2.23. The first-order chi connectivity index (χ1) is 9.31. The van der Waals surface area contributed by atoms with Crippen LogP contribution in [0.1, 0.15) is 19.3 Å². The van der Waals surface area contributed by atoms with Gasteiger partial charge in [0.25, 0.3) is 0 Å². The summed E-state index contributed by atoms with van der Waals surface area (Å²) < 4.78 is 5.86. The summed E-state index contributed by atoms with van der Waals surface area (Å²) in [6, 6.07) is 12.0. The fraction of sp³-hybridized carbons (Fsp3) is 0.312. The monoisotopic (exact) mass is 255 g/mol. The molecular formula is C16H17NO2. The van der Waals surface area contributed by atoms with Crippen LogP contribution in [0.2, 0.25) is 0 Å². The lowest BCUT2D eigenvalue weighted by Crippen LogP contribution is -2.13. The molecule has 1 saturated carbocycles. The lowest BCUT2D eigenvalue weighted by atomic mass is 10.1. The molecule has 2 aromatic rings. The summed E-state index contributed by atoms with van der Waals surface area (Å²) in [6.07, 6.45) is 6.10. The molecule has 0 bridgehead atoms. The van der Waals surface area contributed by atoms with Crippen molar-refractivity contribution in [3.05, 3.63) is 48.8 Å². The number of aromatic nitrogens is 1. The van der Waals surface area contributed by atoms with Gasteiger partial charge in [0.1, 0.15) is 11.9 Å². The minimum Gasteiger partial charge on any atom is -0.490 e. The van der Waals surface area contributed by atoms with Gasteiger partial charge in [-0.05, 0) is 42.2 Å². The van der Waals surface area contributed by atoms with Gasteiger partial charge in [-0.25, -0.2) is 0 Å². The second-order valence-corrected chi connectivity index (χ2v) is 4.97. The van der Waals surface area contributed by atoms with Crippen LogP contribution in [0.3, 0.4) is 0 Å². The Hall–Kier alpha value is -1.87. The van der Waals surface area contributed by atoms with Gasteiger partial charge in [-0.2, -0.15) is 0 Å². The van der Waals surface area contributed by atoms with E-state index in [4.69, 9.17) is 4.74 Å². The molecule has 1 aromatic heterocycles. The van der Waals surface area contributed by atoms with Crippen molar-refractivity contribution in [3.8, 4) is 16.9 Å². The second-order valence-electron chi connectivity index (χ2n) is 4.97. The van der Waals surface area contributed by atoms with Crippen LogP contribution in [0.15, 0.2) is 48.8 Å². The van der Waals surface area contributed by atoms with Crippen molar-refractivity contribution in [2.24, 2.45) is 0 Å². The third-order valence-electron chi connectivity index (χ3n) is 3.51. The van der Waals surface area contributed by atoms with E-state index in [0.717, 1.165) is 36.1 Å². The molecule has 1 N–H and O–H groups in total. The van der Waals surface area contributed by atoms with E-state index >= 15 is 0 Å². The summed E-state index contributed by atoms with van der Waals surface area (Å²) in [5.74, 6) is 0.867. The van der Waals surface area contributed by atoms with Crippen molar-refractivity contribution in [1.82, 2.24) is 4.98 Å². The van der Waals surface area contributed by atoms with Crippen LogP contribution >= 0.6 is 0 Å². The Bertz CT molecular complexity index is 524. The van der Waals surface area contributed by atoms with Gasteiger partial charge in [-0.1, -0.05) is 18.2 Å². The highest BCUT2D eigenvalue weighted by molar-refractivity contribution is 5.62. The van der Waals surface area contributed by atoms with E-state index in [9.17, 15) is 5.11 Å². The molecule has 0 radical (unpaired) electrons. The van der Waals surface area contributed by atoms with Gasteiger partial charge < -0.3 is 9.84 Å². The van der Waals surface area contributed by atoms with E-state index < -0.39 is 0 Å². The molecule has 2 atom stereocenters. The minimum atomic E-state index is -0.195. The molecule has 0 amide bonds. The zero-order valence-corrected chi connectivity index (χ0v) is 10.7. The molecular weight excluding hydrogens is 238 g/mol. The predicted octanol–water partition coefficient (Wildman–Crippen LogP) is 3.04. The normalized spacial score (nSPS) is 22.4. The van der Waals surface area contributed by atoms with Crippen LogP contribution in [-0.4, -0.2) is 22.3 Å². The van der Waals surface area contributed by atoms with E-state index in [-0.39, 0.29) is 12.2 Å². The number of hydrogen-bond donors (Lipinski definition) is 1. The molecule has 1 aromatic carbocycles. The highest BCUT2D eigenvalue weighted by Gasteiger charge is 2.24. The van der Waals surface area contributed by atoms with Crippen LogP contribution in [0.5, 0.6) is 5.75 Å². The number of rotatable bonds is 3. The maximum atomic E-state index is 9.48. The molecule has 19 heavy (non-hydrogen) atoms. The molecule has 98 valence electrons. The maximum Gasteiger partial charge on any atom is 0.119 e. The summed E-state index contributed by atoms with van der Waals surface area (Å²) >= 11 is 0. The van der Waals surface area contributed by atoms with Gasteiger partial charge in [0.15, 0.2) is 0 Å². The van der Waals surface area contributed by atoms with Gasteiger partial charge in [0.05, 0.1) is 6.10 Å². The lowest BCUT2D eigenvalue weighted by Gasteiger charge is -2.13. The average molecular weight is 255 g/mol. The summed E-state index contributed by atoms with van der Waals surface area (Å²) in [4.78, 5) is 4.12. The minimum absolute atomic E-state index is 0.152. The molecule has 0 spiro atoms. The second kappa shape index (κ2) is 5.41. The Morgan fingerprint density at radius 3 is 2.53 bits per heavy atom. The molecule has 0 saturated heterocycles. The highest BCUT2D eigenvalue weighted by Crippen LogP contribution is 2.26. The Labute approximate surface area is 112 Å². The third kappa shape index (κ3) is 2.93. The first kappa shape index (κ1) is 12.2. The number of benzene rings is 1. The Kier molecular flexibility index (Phi) is 3.47. The van der Waals surface area contributed by atoms with Gasteiger partial charge in [-0.3, -0.25) is 4.98 Å². The van der Waals surface area contributed by atoms with Crippen LogP contribution in [0, 0.1) is 0 Å². The number of pyridine rings is 1. The molecule has 3 nitrogen and oxygen atoms in total. The zero-order chi connectivity index (χ0) is 13.1. The van der Waals surface area contributed by atoms with E-state index in [2.05, 4.69) is 4.98 Å². The molecule has 2 unspecified atom stereocenters. The molecule has 3 rings (SSSR count). The first-order valence-electron chi connectivity index (χ1n) is 6.66. The first-order valence-corrected chi connectivity index (χ1v) is 6.66. The molecule has 1 heterocycles.